The third-order valence-corrected chi connectivity index (χ3v) is 9.73. The highest BCUT2D eigenvalue weighted by molar-refractivity contribution is 6.74. The molecule has 8 nitrogen and oxygen atoms in total. The highest BCUT2D eigenvalue weighted by atomic mass is 28.4. The first-order valence-corrected chi connectivity index (χ1v) is 11.3. The van der Waals surface area contributed by atoms with E-state index in [0.29, 0.717) is 12.1 Å². The standard InChI is InChI=1S/C16H25N5O3Si/c1-16(2,3)25(4,5)24-12-6-11(23-13(12)8-22)10-7-20-21-14(10)18-9-19-15(21)17/h7-9,11-13H,6H2,1-5H3,(H2,17,18,19)/t11-,12+,13-/m1/s1. The van der Waals surface area contributed by atoms with Crippen molar-refractivity contribution >= 4 is 26.2 Å². The number of carbonyl (C=O) groups is 1. The Labute approximate surface area is 147 Å². The van der Waals surface area contributed by atoms with Gasteiger partial charge in [0.25, 0.3) is 0 Å². The fraction of sp³-hybridized carbons (Fsp3) is 0.625. The SMILES string of the molecule is CC(C)(C)[Si](C)(C)O[C@H]1C[C@H](c2cnn3c(N)ncnc23)O[C@@H]1C=O. The van der Waals surface area contributed by atoms with Crippen molar-refractivity contribution in [2.45, 2.75) is 63.6 Å². The van der Waals surface area contributed by atoms with Crippen LogP contribution in [-0.2, 0) is 14.0 Å². The number of rotatable bonds is 4. The number of hydrogen-bond acceptors (Lipinski definition) is 7. The number of aldehydes is 1. The first kappa shape index (κ1) is 18.0. The third-order valence-electron chi connectivity index (χ3n) is 5.23. The average molecular weight is 363 g/mol. The lowest BCUT2D eigenvalue weighted by molar-refractivity contribution is -0.120. The largest absolute Gasteiger partial charge is 0.411 e. The molecule has 9 heteroatoms. The zero-order chi connectivity index (χ0) is 18.4. The Morgan fingerprint density at radius 1 is 1.40 bits per heavy atom. The summed E-state index contributed by atoms with van der Waals surface area (Å²) in [6.07, 6.45) is 3.31. The average Bonchev–Trinajstić information content (AvgIpc) is 3.10. The van der Waals surface area contributed by atoms with Crippen molar-refractivity contribution in [3.8, 4) is 0 Å². The molecule has 0 amide bonds. The number of anilines is 1. The molecule has 3 rings (SSSR count). The minimum atomic E-state index is -2.01. The van der Waals surface area contributed by atoms with Crippen LogP contribution in [-0.4, -0.2) is 46.4 Å². The summed E-state index contributed by atoms with van der Waals surface area (Å²) in [7, 11) is -2.01. The molecule has 0 spiro atoms. The second-order valence-electron chi connectivity index (χ2n) is 7.94. The van der Waals surface area contributed by atoms with Gasteiger partial charge in [0.2, 0.25) is 5.95 Å². The minimum absolute atomic E-state index is 0.0601. The number of hydrogen-bond donors (Lipinski definition) is 1. The van der Waals surface area contributed by atoms with E-state index >= 15 is 0 Å². The van der Waals surface area contributed by atoms with Gasteiger partial charge in [-0.3, -0.25) is 0 Å². The first-order valence-electron chi connectivity index (χ1n) is 8.37. The van der Waals surface area contributed by atoms with E-state index < -0.39 is 14.4 Å². The number of aromatic nitrogens is 4. The number of fused-ring (bicyclic) bond motifs is 1. The zero-order valence-corrected chi connectivity index (χ0v) is 16.3. The van der Waals surface area contributed by atoms with Crippen molar-refractivity contribution in [3.05, 3.63) is 18.1 Å². The molecule has 0 radical (unpaired) electrons. The summed E-state index contributed by atoms with van der Waals surface area (Å²) < 4.78 is 13.8. The van der Waals surface area contributed by atoms with Gasteiger partial charge in [-0.15, -0.1) is 0 Å². The van der Waals surface area contributed by atoms with Crippen LogP contribution in [0, 0.1) is 0 Å². The van der Waals surface area contributed by atoms with Gasteiger partial charge in [-0.1, -0.05) is 20.8 Å². The third kappa shape index (κ3) is 3.19. The highest BCUT2D eigenvalue weighted by Gasteiger charge is 2.45. The molecule has 1 saturated heterocycles. The van der Waals surface area contributed by atoms with Gasteiger partial charge in [-0.25, -0.2) is 9.97 Å². The Morgan fingerprint density at radius 3 is 2.76 bits per heavy atom. The molecule has 2 aromatic rings. The molecule has 136 valence electrons. The maximum Gasteiger partial charge on any atom is 0.224 e. The van der Waals surface area contributed by atoms with Crippen molar-refractivity contribution in [2.24, 2.45) is 0 Å². The summed E-state index contributed by atoms with van der Waals surface area (Å²) in [4.78, 5) is 19.7. The Bertz CT molecular complexity index is 786. The van der Waals surface area contributed by atoms with Crippen LogP contribution in [0.4, 0.5) is 5.95 Å². The Hall–Kier alpha value is -1.84. The topological polar surface area (TPSA) is 105 Å². The molecule has 0 saturated carbocycles. The van der Waals surface area contributed by atoms with Crippen molar-refractivity contribution in [2.75, 3.05) is 5.73 Å². The predicted molar refractivity (Wildman–Crippen MR) is 95.6 cm³/mol. The summed E-state index contributed by atoms with van der Waals surface area (Å²) in [5.41, 5.74) is 7.20. The molecule has 0 aromatic carbocycles. The van der Waals surface area contributed by atoms with Gasteiger partial charge < -0.3 is 19.7 Å². The van der Waals surface area contributed by atoms with Gasteiger partial charge in [0, 0.05) is 12.0 Å². The Morgan fingerprint density at radius 2 is 2.12 bits per heavy atom. The molecule has 0 aliphatic carbocycles. The molecule has 1 fully saturated rings. The summed E-state index contributed by atoms with van der Waals surface area (Å²) in [6, 6.07) is 0. The van der Waals surface area contributed by atoms with Crippen LogP contribution in [0.25, 0.3) is 5.65 Å². The summed E-state index contributed by atoms with van der Waals surface area (Å²) in [5, 5.41) is 4.28. The molecular weight excluding hydrogens is 338 g/mol. The number of ether oxygens (including phenoxy) is 1. The van der Waals surface area contributed by atoms with E-state index in [1.807, 2.05) is 0 Å². The minimum Gasteiger partial charge on any atom is -0.411 e. The number of nitrogens with two attached hydrogens (primary N) is 1. The van der Waals surface area contributed by atoms with Crippen LogP contribution in [0.3, 0.4) is 0 Å². The van der Waals surface area contributed by atoms with Gasteiger partial charge in [-0.2, -0.15) is 9.61 Å². The smallest absolute Gasteiger partial charge is 0.224 e. The molecule has 1 aliphatic rings. The van der Waals surface area contributed by atoms with Crippen LogP contribution in [0.15, 0.2) is 12.5 Å². The quantitative estimate of drug-likeness (QED) is 0.655. The molecule has 2 aromatic heterocycles. The van der Waals surface area contributed by atoms with Crippen LogP contribution in [0.1, 0.15) is 38.9 Å². The Kier molecular flexibility index (Phi) is 4.42. The normalized spacial score (nSPS) is 24.8. The molecule has 0 unspecified atom stereocenters. The predicted octanol–water partition coefficient (Wildman–Crippen LogP) is 2.13. The molecule has 3 heterocycles. The van der Waals surface area contributed by atoms with E-state index in [2.05, 4.69) is 48.9 Å². The van der Waals surface area contributed by atoms with E-state index in [0.717, 1.165) is 11.8 Å². The van der Waals surface area contributed by atoms with Crippen molar-refractivity contribution in [1.29, 1.82) is 0 Å². The Balaban J connectivity index is 1.86. The van der Waals surface area contributed by atoms with Crippen molar-refractivity contribution in [3.63, 3.8) is 0 Å². The number of nitrogen functional groups attached to an aromatic ring is 1. The fourth-order valence-corrected chi connectivity index (χ4v) is 4.09. The maximum absolute atomic E-state index is 11.5. The molecule has 2 N–H and O–H groups in total. The fourth-order valence-electron chi connectivity index (χ4n) is 2.74. The van der Waals surface area contributed by atoms with Gasteiger partial charge in [-0.05, 0) is 18.1 Å². The lowest BCUT2D eigenvalue weighted by atomic mass is 10.1. The summed E-state index contributed by atoms with van der Waals surface area (Å²) in [6.45, 7) is 10.9. The first-order chi connectivity index (χ1) is 11.6. The second kappa shape index (κ2) is 6.15. The van der Waals surface area contributed by atoms with Gasteiger partial charge in [0.1, 0.15) is 12.4 Å². The molecule has 25 heavy (non-hydrogen) atoms. The molecule has 3 atom stereocenters. The maximum atomic E-state index is 11.5. The van der Waals surface area contributed by atoms with E-state index in [-0.39, 0.29) is 23.2 Å². The van der Waals surface area contributed by atoms with Crippen LogP contribution < -0.4 is 5.73 Å². The number of carbonyl (C=O) groups excluding carboxylic acids is 1. The van der Waals surface area contributed by atoms with Crippen LogP contribution >= 0.6 is 0 Å². The summed E-state index contributed by atoms with van der Waals surface area (Å²) >= 11 is 0. The lowest BCUT2D eigenvalue weighted by Crippen LogP contribution is -2.46. The molecule has 1 aliphatic heterocycles. The van der Waals surface area contributed by atoms with Gasteiger partial charge in [0.05, 0.1) is 18.4 Å². The van der Waals surface area contributed by atoms with E-state index in [1.54, 1.807) is 6.20 Å². The molecular formula is C16H25N5O3Si. The van der Waals surface area contributed by atoms with Crippen molar-refractivity contribution in [1.82, 2.24) is 19.6 Å². The van der Waals surface area contributed by atoms with E-state index in [9.17, 15) is 4.79 Å². The summed E-state index contributed by atoms with van der Waals surface area (Å²) in [5.74, 6) is 0.259. The zero-order valence-electron chi connectivity index (χ0n) is 15.3. The van der Waals surface area contributed by atoms with Crippen LogP contribution in [0.5, 0.6) is 0 Å². The molecule has 0 bridgehead atoms. The number of nitrogens with zero attached hydrogens (tertiary/aromatic N) is 4. The van der Waals surface area contributed by atoms with Crippen molar-refractivity contribution < 1.29 is 14.0 Å². The van der Waals surface area contributed by atoms with Gasteiger partial charge >= 0.3 is 0 Å². The lowest BCUT2D eigenvalue weighted by Gasteiger charge is -2.38. The second-order valence-corrected chi connectivity index (χ2v) is 12.7. The van der Waals surface area contributed by atoms with E-state index in [1.165, 1.54) is 10.8 Å². The van der Waals surface area contributed by atoms with Crippen LogP contribution in [0.2, 0.25) is 18.1 Å². The monoisotopic (exact) mass is 363 g/mol. The highest BCUT2D eigenvalue weighted by Crippen LogP contribution is 2.42. The van der Waals surface area contributed by atoms with E-state index in [4.69, 9.17) is 14.9 Å². The van der Waals surface area contributed by atoms with Gasteiger partial charge in [0.15, 0.2) is 20.3 Å².